The van der Waals surface area contributed by atoms with Crippen molar-refractivity contribution in [2.45, 2.75) is 51.3 Å². The van der Waals surface area contributed by atoms with Crippen LogP contribution >= 0.6 is 11.8 Å². The van der Waals surface area contributed by atoms with Crippen LogP contribution in [-0.4, -0.2) is 28.6 Å². The lowest BCUT2D eigenvalue weighted by Gasteiger charge is -2.20. The summed E-state index contributed by atoms with van der Waals surface area (Å²) in [6, 6.07) is 4.56. The van der Waals surface area contributed by atoms with Crippen LogP contribution in [0.1, 0.15) is 39.2 Å². The van der Waals surface area contributed by atoms with Crippen LogP contribution in [0, 0.1) is 0 Å². The molecule has 0 fully saturated rings. The summed E-state index contributed by atoms with van der Waals surface area (Å²) < 4.78 is 0. The monoisotopic (exact) mass is 281 g/mol. The van der Waals surface area contributed by atoms with E-state index in [1.165, 1.54) is 18.4 Å². The van der Waals surface area contributed by atoms with Gasteiger partial charge in [-0.2, -0.15) is 11.8 Å². The zero-order valence-corrected chi connectivity index (χ0v) is 13.2. The number of nitrogens with one attached hydrogen (secondary N) is 1. The highest BCUT2D eigenvalue weighted by Gasteiger charge is 2.11. The van der Waals surface area contributed by atoms with Crippen LogP contribution in [0.15, 0.2) is 18.3 Å². The standard InChI is InChI=1S/C15H27N3S/c1-4-7-17-14(11-19-12(3)5-2)9-13-6-8-18-15(16)10-13/h6,8,10,12,14,17H,4-5,7,9,11H2,1-3H3,(H2,16,18). The number of hydrogen-bond acceptors (Lipinski definition) is 4. The summed E-state index contributed by atoms with van der Waals surface area (Å²) in [7, 11) is 0. The molecule has 3 nitrogen and oxygen atoms in total. The van der Waals surface area contributed by atoms with Crippen molar-refractivity contribution in [2.75, 3.05) is 18.0 Å². The van der Waals surface area contributed by atoms with Gasteiger partial charge in [0.15, 0.2) is 0 Å². The fourth-order valence-corrected chi connectivity index (χ4v) is 2.87. The lowest BCUT2D eigenvalue weighted by atomic mass is 10.1. The van der Waals surface area contributed by atoms with Crippen molar-refractivity contribution in [3.8, 4) is 0 Å². The summed E-state index contributed by atoms with van der Waals surface area (Å²) in [6.07, 6.45) is 5.22. The zero-order chi connectivity index (χ0) is 14.1. The molecule has 3 N–H and O–H groups in total. The van der Waals surface area contributed by atoms with E-state index < -0.39 is 0 Å². The number of rotatable bonds is 9. The van der Waals surface area contributed by atoms with Gasteiger partial charge in [-0.25, -0.2) is 4.98 Å². The van der Waals surface area contributed by atoms with Gasteiger partial charge in [0, 0.05) is 23.2 Å². The molecule has 0 amide bonds. The van der Waals surface area contributed by atoms with E-state index in [1.807, 2.05) is 17.8 Å². The van der Waals surface area contributed by atoms with Crippen molar-refractivity contribution in [3.05, 3.63) is 23.9 Å². The van der Waals surface area contributed by atoms with Gasteiger partial charge in [0.1, 0.15) is 5.82 Å². The Labute approximate surface area is 121 Å². The molecule has 1 heterocycles. The molecule has 0 bridgehead atoms. The molecule has 0 saturated carbocycles. The summed E-state index contributed by atoms with van der Waals surface area (Å²) in [5.74, 6) is 1.76. The van der Waals surface area contributed by atoms with E-state index in [1.54, 1.807) is 6.20 Å². The smallest absolute Gasteiger partial charge is 0.123 e. The third kappa shape index (κ3) is 6.83. The van der Waals surface area contributed by atoms with E-state index in [0.29, 0.717) is 11.9 Å². The van der Waals surface area contributed by atoms with Gasteiger partial charge in [0.25, 0.3) is 0 Å². The molecular weight excluding hydrogens is 254 g/mol. The van der Waals surface area contributed by atoms with Crippen LogP contribution in [-0.2, 0) is 6.42 Å². The molecule has 1 aromatic heterocycles. The van der Waals surface area contributed by atoms with Gasteiger partial charge in [-0.05, 0) is 43.5 Å². The molecular formula is C15H27N3S. The van der Waals surface area contributed by atoms with Crippen molar-refractivity contribution < 1.29 is 0 Å². The average Bonchev–Trinajstić information content (AvgIpc) is 2.41. The molecule has 1 aromatic rings. The molecule has 0 aliphatic carbocycles. The van der Waals surface area contributed by atoms with Gasteiger partial charge in [0.05, 0.1) is 0 Å². The largest absolute Gasteiger partial charge is 0.384 e. The van der Waals surface area contributed by atoms with Crippen LogP contribution in [0.2, 0.25) is 0 Å². The quantitative estimate of drug-likeness (QED) is 0.730. The molecule has 0 aliphatic heterocycles. The molecule has 108 valence electrons. The normalized spacial score (nSPS) is 14.3. The van der Waals surface area contributed by atoms with E-state index in [2.05, 4.69) is 37.1 Å². The first-order valence-corrected chi connectivity index (χ1v) is 8.26. The van der Waals surface area contributed by atoms with Crippen LogP contribution in [0.25, 0.3) is 0 Å². The zero-order valence-electron chi connectivity index (χ0n) is 12.4. The number of nitrogen functional groups attached to an aromatic ring is 1. The topological polar surface area (TPSA) is 50.9 Å². The first-order chi connectivity index (χ1) is 9.15. The highest BCUT2D eigenvalue weighted by molar-refractivity contribution is 7.99. The first-order valence-electron chi connectivity index (χ1n) is 7.21. The highest BCUT2D eigenvalue weighted by atomic mass is 32.2. The molecule has 0 saturated heterocycles. The lowest BCUT2D eigenvalue weighted by molar-refractivity contribution is 0.549. The number of nitrogens with zero attached hydrogens (tertiary/aromatic N) is 1. The summed E-state index contributed by atoms with van der Waals surface area (Å²) in [6.45, 7) is 7.82. The molecule has 2 unspecified atom stereocenters. The predicted octanol–water partition coefficient (Wildman–Crippen LogP) is 3.11. The van der Waals surface area contributed by atoms with Crippen molar-refractivity contribution >= 4 is 17.6 Å². The predicted molar refractivity (Wildman–Crippen MR) is 86.6 cm³/mol. The highest BCUT2D eigenvalue weighted by Crippen LogP contribution is 2.17. The summed E-state index contributed by atoms with van der Waals surface area (Å²) in [5, 5.41) is 4.36. The van der Waals surface area contributed by atoms with Crippen LogP contribution in [0.5, 0.6) is 0 Å². The second kappa shape index (κ2) is 9.21. The van der Waals surface area contributed by atoms with Gasteiger partial charge < -0.3 is 11.1 Å². The summed E-state index contributed by atoms with van der Waals surface area (Å²) >= 11 is 2.05. The van der Waals surface area contributed by atoms with Crippen LogP contribution < -0.4 is 11.1 Å². The third-order valence-electron chi connectivity index (χ3n) is 3.17. The van der Waals surface area contributed by atoms with Crippen molar-refractivity contribution in [2.24, 2.45) is 0 Å². The lowest BCUT2D eigenvalue weighted by Crippen LogP contribution is -2.34. The SMILES string of the molecule is CCCNC(CSC(C)CC)Cc1ccnc(N)c1. The Morgan fingerprint density at radius 1 is 1.42 bits per heavy atom. The molecule has 0 aliphatic rings. The number of thioether (sulfide) groups is 1. The number of hydrogen-bond donors (Lipinski definition) is 2. The Balaban J connectivity index is 2.53. The minimum Gasteiger partial charge on any atom is -0.384 e. The van der Waals surface area contributed by atoms with E-state index in [-0.39, 0.29) is 0 Å². The Bertz CT molecular complexity index is 357. The van der Waals surface area contributed by atoms with E-state index in [9.17, 15) is 0 Å². The number of anilines is 1. The van der Waals surface area contributed by atoms with Crippen LogP contribution in [0.4, 0.5) is 5.82 Å². The minimum atomic E-state index is 0.515. The molecule has 0 spiro atoms. The maximum atomic E-state index is 5.74. The van der Waals surface area contributed by atoms with Gasteiger partial charge in [0.2, 0.25) is 0 Å². The molecule has 1 rings (SSSR count). The molecule has 2 atom stereocenters. The van der Waals surface area contributed by atoms with E-state index >= 15 is 0 Å². The maximum absolute atomic E-state index is 5.74. The van der Waals surface area contributed by atoms with Crippen molar-refractivity contribution in [3.63, 3.8) is 0 Å². The number of aromatic nitrogens is 1. The molecule has 19 heavy (non-hydrogen) atoms. The minimum absolute atomic E-state index is 0.515. The molecule has 0 radical (unpaired) electrons. The summed E-state index contributed by atoms with van der Waals surface area (Å²) in [5.41, 5.74) is 7.01. The van der Waals surface area contributed by atoms with Crippen LogP contribution in [0.3, 0.4) is 0 Å². The Hall–Kier alpha value is -0.740. The van der Waals surface area contributed by atoms with E-state index in [4.69, 9.17) is 5.73 Å². The first kappa shape index (κ1) is 16.3. The Morgan fingerprint density at radius 2 is 2.21 bits per heavy atom. The molecule has 4 heteroatoms. The van der Waals surface area contributed by atoms with Gasteiger partial charge in [-0.1, -0.05) is 20.8 Å². The van der Waals surface area contributed by atoms with Gasteiger partial charge in [-0.3, -0.25) is 0 Å². The summed E-state index contributed by atoms with van der Waals surface area (Å²) in [4.78, 5) is 4.05. The van der Waals surface area contributed by atoms with Crippen molar-refractivity contribution in [1.82, 2.24) is 10.3 Å². The van der Waals surface area contributed by atoms with Gasteiger partial charge in [-0.15, -0.1) is 0 Å². The Kier molecular flexibility index (Phi) is 7.91. The second-order valence-corrected chi connectivity index (χ2v) is 6.47. The maximum Gasteiger partial charge on any atom is 0.123 e. The number of pyridine rings is 1. The fraction of sp³-hybridized carbons (Fsp3) is 0.667. The van der Waals surface area contributed by atoms with Gasteiger partial charge >= 0.3 is 0 Å². The Morgan fingerprint density at radius 3 is 2.84 bits per heavy atom. The van der Waals surface area contributed by atoms with E-state index in [0.717, 1.165) is 24.0 Å². The number of nitrogens with two attached hydrogens (primary N) is 1. The molecule has 0 aromatic carbocycles. The average molecular weight is 281 g/mol. The van der Waals surface area contributed by atoms with Crippen molar-refractivity contribution in [1.29, 1.82) is 0 Å². The fourth-order valence-electron chi connectivity index (χ4n) is 1.84. The second-order valence-electron chi connectivity index (χ2n) is 5.00. The third-order valence-corrected chi connectivity index (χ3v) is 4.66.